The van der Waals surface area contributed by atoms with Gasteiger partial charge in [-0.05, 0) is 40.8 Å². The highest BCUT2D eigenvalue weighted by atomic mass is 19.1. The molecule has 0 aliphatic heterocycles. The number of hydrogen-bond acceptors (Lipinski definition) is 4. The Labute approximate surface area is 119 Å². The highest BCUT2D eigenvalue weighted by molar-refractivity contribution is 6.04. The van der Waals surface area contributed by atoms with Crippen LogP contribution in [0.3, 0.4) is 0 Å². The summed E-state index contributed by atoms with van der Waals surface area (Å²) in [5.74, 6) is -0.344. The Bertz CT molecular complexity index is 773. The Balaban J connectivity index is 1.82. The van der Waals surface area contributed by atoms with Gasteiger partial charge in [-0.15, -0.1) is 5.10 Å². The lowest BCUT2D eigenvalue weighted by Gasteiger charge is -2.06. The SMILES string of the molecule is O=C(Nc1cccc(-c2nnn[nH]2)c1)c1cccc(F)c1. The van der Waals surface area contributed by atoms with Crippen LogP contribution in [0.4, 0.5) is 10.1 Å². The first kappa shape index (κ1) is 12.9. The van der Waals surface area contributed by atoms with Crippen molar-refractivity contribution in [2.45, 2.75) is 0 Å². The van der Waals surface area contributed by atoms with Crippen molar-refractivity contribution < 1.29 is 9.18 Å². The van der Waals surface area contributed by atoms with Crippen LogP contribution in [0.5, 0.6) is 0 Å². The molecule has 3 aromatic rings. The number of carbonyl (C=O) groups excluding carboxylic acids is 1. The van der Waals surface area contributed by atoms with Crippen LogP contribution in [0.1, 0.15) is 10.4 Å². The second-order valence-corrected chi connectivity index (χ2v) is 4.30. The average Bonchev–Trinajstić information content (AvgIpc) is 3.02. The molecule has 7 heteroatoms. The number of nitrogens with zero attached hydrogens (tertiary/aromatic N) is 3. The summed E-state index contributed by atoms with van der Waals surface area (Å²) < 4.78 is 13.1. The van der Waals surface area contributed by atoms with Crippen LogP contribution in [0.25, 0.3) is 11.4 Å². The third-order valence-electron chi connectivity index (χ3n) is 2.83. The summed E-state index contributed by atoms with van der Waals surface area (Å²) in [6.07, 6.45) is 0. The Morgan fingerprint density at radius 3 is 2.76 bits per heavy atom. The third-order valence-corrected chi connectivity index (χ3v) is 2.83. The van der Waals surface area contributed by atoms with Crippen molar-refractivity contribution in [3.63, 3.8) is 0 Å². The van der Waals surface area contributed by atoms with Crippen molar-refractivity contribution in [1.82, 2.24) is 20.6 Å². The fourth-order valence-electron chi connectivity index (χ4n) is 1.86. The molecule has 0 saturated carbocycles. The highest BCUT2D eigenvalue weighted by Crippen LogP contribution is 2.19. The molecule has 0 aliphatic carbocycles. The lowest BCUT2D eigenvalue weighted by molar-refractivity contribution is 0.102. The summed E-state index contributed by atoms with van der Waals surface area (Å²) in [7, 11) is 0. The maximum Gasteiger partial charge on any atom is 0.255 e. The first-order valence-corrected chi connectivity index (χ1v) is 6.13. The van der Waals surface area contributed by atoms with Gasteiger partial charge in [0.05, 0.1) is 0 Å². The predicted molar refractivity (Wildman–Crippen MR) is 74.0 cm³/mol. The van der Waals surface area contributed by atoms with E-state index in [0.717, 1.165) is 5.56 Å². The molecule has 0 spiro atoms. The zero-order valence-corrected chi connectivity index (χ0v) is 10.7. The van der Waals surface area contributed by atoms with Gasteiger partial charge in [-0.3, -0.25) is 4.79 Å². The average molecular weight is 283 g/mol. The lowest BCUT2D eigenvalue weighted by atomic mass is 10.1. The molecule has 0 bridgehead atoms. The van der Waals surface area contributed by atoms with E-state index in [1.165, 1.54) is 18.2 Å². The molecule has 0 aliphatic rings. The Kier molecular flexibility index (Phi) is 3.38. The number of anilines is 1. The number of halogens is 1. The van der Waals surface area contributed by atoms with E-state index in [-0.39, 0.29) is 11.5 Å². The molecule has 0 atom stereocenters. The van der Waals surface area contributed by atoms with Gasteiger partial charge >= 0.3 is 0 Å². The Morgan fingerprint density at radius 1 is 1.14 bits per heavy atom. The van der Waals surface area contributed by atoms with Crippen LogP contribution >= 0.6 is 0 Å². The van der Waals surface area contributed by atoms with Gasteiger partial charge in [0.2, 0.25) is 0 Å². The molecule has 6 nitrogen and oxygen atoms in total. The molecule has 1 amide bonds. The number of hydrogen-bond donors (Lipinski definition) is 2. The van der Waals surface area contributed by atoms with Gasteiger partial charge in [0.25, 0.3) is 5.91 Å². The molecule has 0 unspecified atom stereocenters. The first-order chi connectivity index (χ1) is 10.2. The van der Waals surface area contributed by atoms with E-state index < -0.39 is 5.82 Å². The van der Waals surface area contributed by atoms with Gasteiger partial charge in [-0.25, -0.2) is 9.49 Å². The highest BCUT2D eigenvalue weighted by Gasteiger charge is 2.08. The largest absolute Gasteiger partial charge is 0.322 e. The quantitative estimate of drug-likeness (QED) is 0.772. The number of H-pyrrole nitrogens is 1. The second-order valence-electron chi connectivity index (χ2n) is 4.30. The first-order valence-electron chi connectivity index (χ1n) is 6.13. The molecule has 1 heterocycles. The van der Waals surface area contributed by atoms with Crippen molar-refractivity contribution in [2.24, 2.45) is 0 Å². The second kappa shape index (κ2) is 5.49. The summed E-state index contributed by atoms with van der Waals surface area (Å²) in [6, 6.07) is 12.5. The normalized spacial score (nSPS) is 10.3. The number of aromatic nitrogens is 4. The minimum Gasteiger partial charge on any atom is -0.322 e. The molecule has 1 aromatic heterocycles. The Hall–Kier alpha value is -3.09. The van der Waals surface area contributed by atoms with Gasteiger partial charge in [0, 0.05) is 16.8 Å². The zero-order chi connectivity index (χ0) is 14.7. The van der Waals surface area contributed by atoms with E-state index in [0.29, 0.717) is 11.5 Å². The number of tetrazole rings is 1. The molecular weight excluding hydrogens is 273 g/mol. The van der Waals surface area contributed by atoms with E-state index in [4.69, 9.17) is 0 Å². The molecule has 2 N–H and O–H groups in total. The summed E-state index contributed by atoms with van der Waals surface area (Å²) in [5.41, 5.74) is 1.55. The van der Waals surface area contributed by atoms with Crippen molar-refractivity contribution in [2.75, 3.05) is 5.32 Å². The monoisotopic (exact) mass is 283 g/mol. The number of amides is 1. The minimum atomic E-state index is -0.455. The summed E-state index contributed by atoms with van der Waals surface area (Å²) in [5, 5.41) is 16.1. The topological polar surface area (TPSA) is 83.6 Å². The predicted octanol–water partition coefficient (Wildman–Crippen LogP) is 2.26. The zero-order valence-electron chi connectivity index (χ0n) is 10.7. The number of aromatic amines is 1. The number of carbonyl (C=O) groups is 1. The number of benzene rings is 2. The number of rotatable bonds is 3. The van der Waals surface area contributed by atoms with Crippen molar-refractivity contribution in [3.8, 4) is 11.4 Å². The maximum absolute atomic E-state index is 13.1. The van der Waals surface area contributed by atoms with Crippen LogP contribution < -0.4 is 5.32 Å². The smallest absolute Gasteiger partial charge is 0.255 e. The van der Waals surface area contributed by atoms with E-state index in [2.05, 4.69) is 25.9 Å². The van der Waals surface area contributed by atoms with Gasteiger partial charge in [-0.2, -0.15) is 0 Å². The minimum absolute atomic E-state index is 0.252. The fourth-order valence-corrected chi connectivity index (χ4v) is 1.86. The summed E-state index contributed by atoms with van der Waals surface area (Å²) in [6.45, 7) is 0. The molecule has 0 radical (unpaired) electrons. The standard InChI is InChI=1S/C14H10FN5O/c15-11-5-1-4-10(7-11)14(21)16-12-6-2-3-9(8-12)13-17-19-20-18-13/h1-8H,(H,16,21)(H,17,18,19,20). The molecule has 21 heavy (non-hydrogen) atoms. The van der Waals surface area contributed by atoms with Crippen LogP contribution in [-0.4, -0.2) is 26.5 Å². The van der Waals surface area contributed by atoms with E-state index in [1.54, 1.807) is 30.3 Å². The Morgan fingerprint density at radius 2 is 2.00 bits per heavy atom. The lowest BCUT2D eigenvalue weighted by Crippen LogP contribution is -2.12. The van der Waals surface area contributed by atoms with Crippen molar-refractivity contribution >= 4 is 11.6 Å². The van der Waals surface area contributed by atoms with Crippen molar-refractivity contribution in [3.05, 3.63) is 59.9 Å². The van der Waals surface area contributed by atoms with Crippen molar-refractivity contribution in [1.29, 1.82) is 0 Å². The molecule has 0 fully saturated rings. The van der Waals surface area contributed by atoms with E-state index in [9.17, 15) is 9.18 Å². The maximum atomic E-state index is 13.1. The molecule has 104 valence electrons. The fraction of sp³-hybridized carbons (Fsp3) is 0. The van der Waals surface area contributed by atoms with Gasteiger partial charge in [0.15, 0.2) is 5.82 Å². The third kappa shape index (κ3) is 2.92. The van der Waals surface area contributed by atoms with Gasteiger partial charge in [0.1, 0.15) is 5.82 Å². The van der Waals surface area contributed by atoms with Gasteiger partial charge < -0.3 is 5.32 Å². The summed E-state index contributed by atoms with van der Waals surface area (Å²) in [4.78, 5) is 12.0. The molecule has 0 saturated heterocycles. The number of nitrogens with one attached hydrogen (secondary N) is 2. The molecule has 2 aromatic carbocycles. The van der Waals surface area contributed by atoms with Crippen LogP contribution in [0, 0.1) is 5.82 Å². The molecule has 3 rings (SSSR count). The van der Waals surface area contributed by atoms with Crippen LogP contribution in [0.2, 0.25) is 0 Å². The van der Waals surface area contributed by atoms with Crippen LogP contribution in [0.15, 0.2) is 48.5 Å². The van der Waals surface area contributed by atoms with E-state index in [1.807, 2.05) is 0 Å². The van der Waals surface area contributed by atoms with Gasteiger partial charge in [-0.1, -0.05) is 18.2 Å². The van der Waals surface area contributed by atoms with E-state index >= 15 is 0 Å². The van der Waals surface area contributed by atoms with Crippen LogP contribution in [-0.2, 0) is 0 Å². The summed E-state index contributed by atoms with van der Waals surface area (Å²) >= 11 is 0. The molecular formula is C14H10FN5O.